The van der Waals surface area contributed by atoms with Gasteiger partial charge in [-0.3, -0.25) is 14.2 Å². The summed E-state index contributed by atoms with van der Waals surface area (Å²) in [4.78, 5) is 35.0. The number of halogens is 1. The topological polar surface area (TPSA) is 76.9 Å². The van der Waals surface area contributed by atoms with Gasteiger partial charge in [-0.1, -0.05) is 23.9 Å². The molecular formula is C21H21FN4O2S2. The number of thioether (sulfide) groups is 1. The maximum atomic E-state index is 14.0. The van der Waals surface area contributed by atoms with Crippen molar-refractivity contribution in [2.45, 2.75) is 44.9 Å². The van der Waals surface area contributed by atoms with Crippen molar-refractivity contribution in [3.8, 4) is 10.6 Å². The Bertz CT molecular complexity index is 1190. The van der Waals surface area contributed by atoms with Crippen molar-refractivity contribution in [1.82, 2.24) is 19.9 Å². The van der Waals surface area contributed by atoms with Crippen LogP contribution in [-0.2, 0) is 11.3 Å². The Hall–Kier alpha value is -2.52. The summed E-state index contributed by atoms with van der Waals surface area (Å²) in [6.45, 7) is 5.76. The van der Waals surface area contributed by atoms with Gasteiger partial charge in [0.1, 0.15) is 10.8 Å². The average molecular weight is 445 g/mol. The van der Waals surface area contributed by atoms with Crippen LogP contribution in [0.5, 0.6) is 0 Å². The maximum absolute atomic E-state index is 14.0. The van der Waals surface area contributed by atoms with E-state index in [9.17, 15) is 14.0 Å². The number of aromatic nitrogens is 3. The maximum Gasteiger partial charge on any atom is 0.257 e. The summed E-state index contributed by atoms with van der Waals surface area (Å²) in [5.74, 6) is 0.192. The summed E-state index contributed by atoms with van der Waals surface area (Å²) in [6, 6.07) is 6.31. The standard InChI is InChI=1S/C21H21FN4O2S2/c1-11-12(2)25-21-26(20(11)28)14(10-29-21)8-18(27)23-9-17-13(3)24-19(30-17)15-6-4-5-7-16(15)22/h4-7,14H,8-10H2,1-3H3,(H,23,27)/t14-/m1/s1. The van der Waals surface area contributed by atoms with E-state index in [1.54, 1.807) is 29.7 Å². The molecule has 0 saturated carbocycles. The Morgan fingerprint density at radius 3 is 2.77 bits per heavy atom. The Morgan fingerprint density at radius 2 is 2.00 bits per heavy atom. The van der Waals surface area contributed by atoms with Gasteiger partial charge in [0, 0.05) is 33.9 Å². The van der Waals surface area contributed by atoms with Crippen LogP contribution in [0.1, 0.15) is 34.3 Å². The molecule has 1 aromatic carbocycles. The molecule has 0 aliphatic carbocycles. The zero-order valence-corrected chi connectivity index (χ0v) is 18.5. The molecule has 0 spiro atoms. The number of rotatable bonds is 5. The van der Waals surface area contributed by atoms with Crippen molar-refractivity contribution in [1.29, 1.82) is 0 Å². The van der Waals surface area contributed by atoms with Gasteiger partial charge in [-0.15, -0.1) is 11.3 Å². The van der Waals surface area contributed by atoms with Crippen molar-refractivity contribution in [3.05, 3.63) is 62.3 Å². The van der Waals surface area contributed by atoms with Crippen LogP contribution in [0, 0.1) is 26.6 Å². The number of benzene rings is 1. The van der Waals surface area contributed by atoms with Crippen molar-refractivity contribution in [2.75, 3.05) is 5.75 Å². The summed E-state index contributed by atoms with van der Waals surface area (Å²) in [6.07, 6.45) is 0.210. The molecule has 30 heavy (non-hydrogen) atoms. The van der Waals surface area contributed by atoms with E-state index in [0.29, 0.717) is 33.6 Å². The van der Waals surface area contributed by atoms with Gasteiger partial charge in [-0.25, -0.2) is 14.4 Å². The monoisotopic (exact) mass is 444 g/mol. The molecule has 1 aliphatic rings. The van der Waals surface area contributed by atoms with Crippen LogP contribution in [0.25, 0.3) is 10.6 Å². The van der Waals surface area contributed by atoms with Crippen LogP contribution in [-0.4, -0.2) is 26.2 Å². The molecule has 1 atom stereocenters. The molecule has 1 N–H and O–H groups in total. The second-order valence-electron chi connectivity index (χ2n) is 7.23. The van der Waals surface area contributed by atoms with E-state index in [1.165, 1.54) is 29.2 Å². The zero-order valence-electron chi connectivity index (χ0n) is 16.9. The molecule has 156 valence electrons. The number of nitrogens with one attached hydrogen (secondary N) is 1. The normalized spacial score (nSPS) is 15.3. The molecule has 1 amide bonds. The zero-order chi connectivity index (χ0) is 21.4. The quantitative estimate of drug-likeness (QED) is 0.606. The first-order chi connectivity index (χ1) is 14.3. The minimum atomic E-state index is -0.316. The summed E-state index contributed by atoms with van der Waals surface area (Å²) in [7, 11) is 0. The van der Waals surface area contributed by atoms with Crippen LogP contribution in [0.2, 0.25) is 0 Å². The number of thiazole rings is 1. The molecule has 0 bridgehead atoms. The number of amides is 1. The highest BCUT2D eigenvalue weighted by molar-refractivity contribution is 7.99. The van der Waals surface area contributed by atoms with Crippen molar-refractivity contribution in [3.63, 3.8) is 0 Å². The van der Waals surface area contributed by atoms with Crippen molar-refractivity contribution >= 4 is 29.0 Å². The predicted octanol–water partition coefficient (Wildman–Crippen LogP) is 3.78. The molecule has 6 nitrogen and oxygen atoms in total. The fraction of sp³-hybridized carbons (Fsp3) is 0.333. The molecule has 3 heterocycles. The summed E-state index contributed by atoms with van der Waals surface area (Å²) < 4.78 is 15.7. The molecular weight excluding hydrogens is 423 g/mol. The second kappa shape index (κ2) is 8.31. The van der Waals surface area contributed by atoms with Gasteiger partial charge in [-0.05, 0) is 32.9 Å². The Kier molecular flexibility index (Phi) is 5.75. The largest absolute Gasteiger partial charge is 0.351 e. The number of carbonyl (C=O) groups excluding carboxylic acids is 1. The number of fused-ring (bicyclic) bond motifs is 1. The molecule has 0 fully saturated rings. The Labute approximate surface area is 181 Å². The highest BCUT2D eigenvalue weighted by Gasteiger charge is 2.28. The molecule has 2 aromatic heterocycles. The fourth-order valence-corrected chi connectivity index (χ4v) is 5.54. The minimum Gasteiger partial charge on any atom is -0.351 e. The minimum absolute atomic E-state index is 0.0758. The van der Waals surface area contributed by atoms with Crippen LogP contribution in [0.15, 0.2) is 34.2 Å². The first kappa shape index (κ1) is 20.7. The summed E-state index contributed by atoms with van der Waals surface area (Å²) in [5.41, 5.74) is 2.50. The van der Waals surface area contributed by atoms with Crippen LogP contribution in [0.3, 0.4) is 0 Å². The number of carbonyl (C=O) groups is 1. The number of aryl methyl sites for hydroxylation is 2. The lowest BCUT2D eigenvalue weighted by atomic mass is 10.2. The molecule has 1 aliphatic heterocycles. The lowest BCUT2D eigenvalue weighted by Gasteiger charge is -2.14. The van der Waals surface area contributed by atoms with Gasteiger partial charge in [0.2, 0.25) is 5.91 Å². The van der Waals surface area contributed by atoms with Crippen LogP contribution >= 0.6 is 23.1 Å². The fourth-order valence-electron chi connectivity index (χ4n) is 3.33. The lowest BCUT2D eigenvalue weighted by Crippen LogP contribution is -2.31. The van der Waals surface area contributed by atoms with Crippen LogP contribution in [0.4, 0.5) is 4.39 Å². The molecule has 4 rings (SSSR count). The van der Waals surface area contributed by atoms with Gasteiger partial charge in [-0.2, -0.15) is 0 Å². The van der Waals surface area contributed by atoms with Gasteiger partial charge < -0.3 is 5.32 Å². The first-order valence-corrected chi connectivity index (χ1v) is 11.4. The summed E-state index contributed by atoms with van der Waals surface area (Å²) in [5, 5.41) is 4.19. The molecule has 9 heteroatoms. The average Bonchev–Trinajstić information content (AvgIpc) is 3.28. The van der Waals surface area contributed by atoms with E-state index in [4.69, 9.17) is 0 Å². The van der Waals surface area contributed by atoms with E-state index >= 15 is 0 Å². The predicted molar refractivity (Wildman–Crippen MR) is 116 cm³/mol. The smallest absolute Gasteiger partial charge is 0.257 e. The third-order valence-electron chi connectivity index (χ3n) is 5.19. The third kappa shape index (κ3) is 3.91. The summed E-state index contributed by atoms with van der Waals surface area (Å²) >= 11 is 2.87. The van der Waals surface area contributed by atoms with E-state index in [-0.39, 0.29) is 29.7 Å². The van der Waals surface area contributed by atoms with Gasteiger partial charge in [0.25, 0.3) is 5.56 Å². The van der Waals surface area contributed by atoms with Crippen LogP contribution < -0.4 is 10.9 Å². The Balaban J connectivity index is 1.43. The van der Waals surface area contributed by atoms with E-state index in [2.05, 4.69) is 15.3 Å². The number of hydrogen-bond acceptors (Lipinski definition) is 6. The number of nitrogens with zero attached hydrogens (tertiary/aromatic N) is 3. The van der Waals surface area contributed by atoms with Gasteiger partial charge >= 0.3 is 0 Å². The lowest BCUT2D eigenvalue weighted by molar-refractivity contribution is -0.121. The SMILES string of the molecule is Cc1nc(-c2ccccc2F)sc1CNC(=O)C[C@@H]1CSc2nc(C)c(C)c(=O)n21. The molecule has 0 radical (unpaired) electrons. The van der Waals surface area contributed by atoms with Crippen molar-refractivity contribution < 1.29 is 9.18 Å². The van der Waals surface area contributed by atoms with E-state index in [1.807, 2.05) is 13.8 Å². The third-order valence-corrected chi connectivity index (χ3v) is 7.47. The second-order valence-corrected chi connectivity index (χ2v) is 9.30. The number of hydrogen-bond donors (Lipinski definition) is 1. The molecule has 0 unspecified atom stereocenters. The Morgan fingerprint density at radius 1 is 1.23 bits per heavy atom. The van der Waals surface area contributed by atoms with Gasteiger partial charge in [0.05, 0.1) is 18.3 Å². The van der Waals surface area contributed by atoms with E-state index in [0.717, 1.165) is 16.3 Å². The highest BCUT2D eigenvalue weighted by Crippen LogP contribution is 2.33. The molecule has 0 saturated heterocycles. The first-order valence-electron chi connectivity index (χ1n) is 9.55. The van der Waals surface area contributed by atoms with Crippen molar-refractivity contribution in [2.24, 2.45) is 0 Å². The van der Waals surface area contributed by atoms with E-state index < -0.39 is 0 Å². The molecule has 3 aromatic rings. The highest BCUT2D eigenvalue weighted by atomic mass is 32.2. The van der Waals surface area contributed by atoms with Gasteiger partial charge in [0.15, 0.2) is 5.16 Å².